The minimum atomic E-state index is -0.161. The van der Waals surface area contributed by atoms with Crippen molar-refractivity contribution in [2.75, 3.05) is 26.2 Å². The molecule has 1 aromatic rings. The third-order valence-corrected chi connectivity index (χ3v) is 4.45. The van der Waals surface area contributed by atoms with Gasteiger partial charge in [-0.1, -0.05) is 19.1 Å². The summed E-state index contributed by atoms with van der Waals surface area (Å²) in [6, 6.07) is 5.67. The average molecular weight is 334 g/mol. The Hall–Kier alpha value is -1.62. The van der Waals surface area contributed by atoms with Crippen LogP contribution in [0.15, 0.2) is 23.2 Å². The topological polar surface area (TPSA) is 39.7 Å². The summed E-state index contributed by atoms with van der Waals surface area (Å²) in [5.41, 5.74) is 1.70. The summed E-state index contributed by atoms with van der Waals surface area (Å²) in [5.74, 6) is 0.694. The zero-order valence-electron chi connectivity index (χ0n) is 15.2. The molecule has 0 unspecified atom stereocenters. The summed E-state index contributed by atoms with van der Waals surface area (Å²) < 4.78 is 13.3. The van der Waals surface area contributed by atoms with Crippen LogP contribution in [0, 0.1) is 12.7 Å². The molecule has 4 nitrogen and oxygen atoms in total. The molecule has 5 heteroatoms. The SMILES string of the molecule is CCCN1CCC(NC(=NCc2ccc(F)c(C)c2)NCC)CC1. The number of halogens is 1. The zero-order chi connectivity index (χ0) is 17.4. The van der Waals surface area contributed by atoms with E-state index in [9.17, 15) is 4.39 Å². The summed E-state index contributed by atoms with van der Waals surface area (Å²) in [4.78, 5) is 7.19. The molecule has 1 aliphatic heterocycles. The van der Waals surface area contributed by atoms with Gasteiger partial charge in [0, 0.05) is 25.7 Å². The largest absolute Gasteiger partial charge is 0.357 e. The first-order valence-corrected chi connectivity index (χ1v) is 9.14. The Bertz CT molecular complexity index is 536. The number of guanidine groups is 1. The van der Waals surface area contributed by atoms with Crippen LogP contribution < -0.4 is 10.6 Å². The van der Waals surface area contributed by atoms with Crippen LogP contribution in [0.2, 0.25) is 0 Å². The molecular formula is C19H31FN4. The van der Waals surface area contributed by atoms with Crippen LogP contribution in [0.1, 0.15) is 44.2 Å². The zero-order valence-corrected chi connectivity index (χ0v) is 15.2. The molecule has 2 rings (SSSR count). The number of hydrogen-bond donors (Lipinski definition) is 2. The van der Waals surface area contributed by atoms with E-state index in [4.69, 9.17) is 0 Å². The van der Waals surface area contributed by atoms with Crippen LogP contribution in [0.4, 0.5) is 4.39 Å². The Kier molecular flexibility index (Phi) is 7.50. The average Bonchev–Trinajstić information content (AvgIpc) is 2.58. The molecule has 1 aromatic carbocycles. The van der Waals surface area contributed by atoms with Crippen molar-refractivity contribution in [2.45, 2.75) is 52.6 Å². The lowest BCUT2D eigenvalue weighted by Crippen LogP contribution is -2.48. The standard InChI is InChI=1S/C19H31FN4/c1-4-10-24-11-8-17(9-12-24)23-19(21-5-2)22-14-16-6-7-18(20)15(3)13-16/h6-7,13,17H,4-5,8-12,14H2,1-3H3,(H2,21,22,23). The Balaban J connectivity index is 1.90. The minimum absolute atomic E-state index is 0.161. The number of likely N-dealkylation sites (tertiary alicyclic amines) is 1. The molecular weight excluding hydrogens is 303 g/mol. The fourth-order valence-corrected chi connectivity index (χ4v) is 3.11. The molecule has 134 valence electrons. The van der Waals surface area contributed by atoms with Crippen molar-refractivity contribution in [1.29, 1.82) is 0 Å². The van der Waals surface area contributed by atoms with Gasteiger partial charge in [0.05, 0.1) is 6.54 Å². The van der Waals surface area contributed by atoms with Crippen LogP contribution >= 0.6 is 0 Å². The maximum Gasteiger partial charge on any atom is 0.191 e. The van der Waals surface area contributed by atoms with E-state index in [2.05, 4.69) is 34.4 Å². The van der Waals surface area contributed by atoms with E-state index in [1.54, 1.807) is 13.0 Å². The highest BCUT2D eigenvalue weighted by Gasteiger charge is 2.19. The van der Waals surface area contributed by atoms with Crippen LogP contribution in [0.25, 0.3) is 0 Å². The number of benzene rings is 1. The van der Waals surface area contributed by atoms with E-state index in [1.807, 2.05) is 6.07 Å². The van der Waals surface area contributed by atoms with Gasteiger partial charge in [0.2, 0.25) is 0 Å². The highest BCUT2D eigenvalue weighted by molar-refractivity contribution is 5.80. The molecule has 2 N–H and O–H groups in total. The summed E-state index contributed by atoms with van der Waals surface area (Å²) in [7, 11) is 0. The predicted octanol–water partition coefficient (Wildman–Crippen LogP) is 3.06. The quantitative estimate of drug-likeness (QED) is 0.620. The van der Waals surface area contributed by atoms with Crippen LogP contribution in [0.5, 0.6) is 0 Å². The van der Waals surface area contributed by atoms with Crippen molar-refractivity contribution >= 4 is 5.96 Å². The molecule has 0 bridgehead atoms. The first-order chi connectivity index (χ1) is 11.6. The van der Waals surface area contributed by atoms with E-state index in [0.717, 1.165) is 44.0 Å². The van der Waals surface area contributed by atoms with Gasteiger partial charge in [-0.25, -0.2) is 9.38 Å². The van der Waals surface area contributed by atoms with Gasteiger partial charge in [-0.3, -0.25) is 0 Å². The molecule has 24 heavy (non-hydrogen) atoms. The van der Waals surface area contributed by atoms with Gasteiger partial charge in [-0.15, -0.1) is 0 Å². The maximum atomic E-state index is 13.3. The summed E-state index contributed by atoms with van der Waals surface area (Å²) >= 11 is 0. The molecule has 0 spiro atoms. The van der Waals surface area contributed by atoms with Crippen molar-refractivity contribution in [3.05, 3.63) is 35.1 Å². The fraction of sp³-hybridized carbons (Fsp3) is 0.632. The number of hydrogen-bond acceptors (Lipinski definition) is 2. The molecule has 1 saturated heterocycles. The smallest absolute Gasteiger partial charge is 0.191 e. The highest BCUT2D eigenvalue weighted by atomic mass is 19.1. The second-order valence-corrected chi connectivity index (χ2v) is 6.54. The minimum Gasteiger partial charge on any atom is -0.357 e. The highest BCUT2D eigenvalue weighted by Crippen LogP contribution is 2.12. The van der Waals surface area contributed by atoms with Gasteiger partial charge in [-0.05, 0) is 56.8 Å². The van der Waals surface area contributed by atoms with Crippen molar-refractivity contribution in [1.82, 2.24) is 15.5 Å². The number of piperidine rings is 1. The Morgan fingerprint density at radius 3 is 2.67 bits per heavy atom. The van der Waals surface area contributed by atoms with Gasteiger partial charge in [-0.2, -0.15) is 0 Å². The van der Waals surface area contributed by atoms with Gasteiger partial charge >= 0.3 is 0 Å². The van der Waals surface area contributed by atoms with Gasteiger partial charge < -0.3 is 15.5 Å². The van der Waals surface area contributed by atoms with Crippen LogP contribution in [-0.2, 0) is 6.54 Å². The molecule has 0 saturated carbocycles. The van der Waals surface area contributed by atoms with E-state index >= 15 is 0 Å². The molecule has 0 radical (unpaired) electrons. The lowest BCUT2D eigenvalue weighted by Gasteiger charge is -2.32. The Labute approximate surface area is 145 Å². The molecule has 0 amide bonds. The molecule has 1 aliphatic rings. The second-order valence-electron chi connectivity index (χ2n) is 6.54. The van der Waals surface area contributed by atoms with E-state index in [1.165, 1.54) is 19.0 Å². The molecule has 0 atom stereocenters. The monoisotopic (exact) mass is 334 g/mol. The van der Waals surface area contributed by atoms with Crippen molar-refractivity contribution < 1.29 is 4.39 Å². The predicted molar refractivity (Wildman–Crippen MR) is 98.8 cm³/mol. The van der Waals surface area contributed by atoms with Crippen LogP contribution in [0.3, 0.4) is 0 Å². The van der Waals surface area contributed by atoms with Gasteiger partial charge in [0.15, 0.2) is 5.96 Å². The lowest BCUT2D eigenvalue weighted by atomic mass is 10.1. The number of nitrogens with zero attached hydrogens (tertiary/aromatic N) is 2. The maximum absolute atomic E-state index is 13.3. The molecule has 1 fully saturated rings. The van der Waals surface area contributed by atoms with Gasteiger partial charge in [0.25, 0.3) is 0 Å². The fourth-order valence-electron chi connectivity index (χ4n) is 3.11. The summed E-state index contributed by atoms with van der Waals surface area (Å²) in [6.45, 7) is 11.0. The van der Waals surface area contributed by atoms with Crippen molar-refractivity contribution in [2.24, 2.45) is 4.99 Å². The van der Waals surface area contributed by atoms with Crippen LogP contribution in [-0.4, -0.2) is 43.1 Å². The number of nitrogens with one attached hydrogen (secondary N) is 2. The van der Waals surface area contributed by atoms with Crippen molar-refractivity contribution in [3.63, 3.8) is 0 Å². The molecule has 0 aliphatic carbocycles. The number of aliphatic imine (C=N–C) groups is 1. The van der Waals surface area contributed by atoms with Gasteiger partial charge in [0.1, 0.15) is 5.82 Å². The normalized spacial score (nSPS) is 17.1. The van der Waals surface area contributed by atoms with E-state index in [0.29, 0.717) is 18.2 Å². The summed E-state index contributed by atoms with van der Waals surface area (Å²) in [6.07, 6.45) is 3.53. The third-order valence-electron chi connectivity index (χ3n) is 4.45. The second kappa shape index (κ2) is 9.62. The summed E-state index contributed by atoms with van der Waals surface area (Å²) in [5, 5.41) is 6.87. The molecule has 0 aromatic heterocycles. The Morgan fingerprint density at radius 2 is 2.04 bits per heavy atom. The lowest BCUT2D eigenvalue weighted by molar-refractivity contribution is 0.206. The first-order valence-electron chi connectivity index (χ1n) is 9.14. The number of aryl methyl sites for hydroxylation is 1. The molecule has 1 heterocycles. The van der Waals surface area contributed by atoms with E-state index < -0.39 is 0 Å². The van der Waals surface area contributed by atoms with E-state index in [-0.39, 0.29) is 5.82 Å². The Morgan fingerprint density at radius 1 is 1.29 bits per heavy atom. The first kappa shape index (κ1) is 18.7. The van der Waals surface area contributed by atoms with Crippen molar-refractivity contribution in [3.8, 4) is 0 Å². The third kappa shape index (κ3) is 5.78. The number of rotatable bonds is 6.